The predicted molar refractivity (Wildman–Crippen MR) is 60.1 cm³/mol. The molecular formula is C10H10BrClO2. The van der Waals surface area contributed by atoms with Gasteiger partial charge in [0.15, 0.2) is 5.78 Å². The number of rotatable bonds is 3. The minimum atomic E-state index is -0.250. The highest BCUT2D eigenvalue weighted by molar-refractivity contribution is 9.10. The third kappa shape index (κ3) is 2.56. The van der Waals surface area contributed by atoms with Gasteiger partial charge in [-0.1, -0.05) is 33.6 Å². The number of Topliss-reactive ketones (excluding diaryl/α,β-unsaturated/α-hetero) is 1. The first-order valence-corrected chi connectivity index (χ1v) is 5.43. The van der Waals surface area contributed by atoms with Crippen LogP contribution in [-0.2, 0) is 6.61 Å². The van der Waals surface area contributed by atoms with E-state index in [4.69, 9.17) is 16.7 Å². The number of carbonyl (C=O) groups is 1. The number of benzene rings is 1. The second kappa shape index (κ2) is 4.91. The number of aliphatic hydroxyl groups is 1. The Morgan fingerprint density at radius 3 is 2.71 bits per heavy atom. The van der Waals surface area contributed by atoms with Crippen LogP contribution in [0.4, 0.5) is 0 Å². The lowest BCUT2D eigenvalue weighted by Crippen LogP contribution is -2.10. The molecule has 2 nitrogen and oxygen atoms in total. The molecule has 1 atom stereocenters. The van der Waals surface area contributed by atoms with E-state index in [-0.39, 0.29) is 17.2 Å². The van der Waals surface area contributed by atoms with Crippen LogP contribution in [0, 0.1) is 0 Å². The molecule has 14 heavy (non-hydrogen) atoms. The molecule has 0 aliphatic heterocycles. The van der Waals surface area contributed by atoms with Crippen LogP contribution < -0.4 is 0 Å². The number of carbonyl (C=O) groups excluding carboxylic acids is 1. The van der Waals surface area contributed by atoms with E-state index in [1.807, 2.05) is 0 Å². The van der Waals surface area contributed by atoms with Gasteiger partial charge in [0.25, 0.3) is 0 Å². The van der Waals surface area contributed by atoms with Gasteiger partial charge >= 0.3 is 0 Å². The molecule has 0 bridgehead atoms. The van der Waals surface area contributed by atoms with Crippen molar-refractivity contribution >= 4 is 33.3 Å². The molecule has 0 spiro atoms. The zero-order valence-corrected chi connectivity index (χ0v) is 9.97. The molecule has 1 aromatic carbocycles. The Balaban J connectivity index is 3.06. The molecule has 1 N–H and O–H groups in total. The molecule has 0 aliphatic rings. The fraction of sp³-hybridized carbons (Fsp3) is 0.300. The van der Waals surface area contributed by atoms with Crippen molar-refractivity contribution in [2.24, 2.45) is 0 Å². The van der Waals surface area contributed by atoms with E-state index < -0.39 is 0 Å². The number of alkyl halides is 1. The van der Waals surface area contributed by atoms with Crippen LogP contribution in [0.15, 0.2) is 18.2 Å². The zero-order valence-electron chi connectivity index (χ0n) is 7.63. The highest BCUT2D eigenvalue weighted by Crippen LogP contribution is 2.21. The van der Waals surface area contributed by atoms with Gasteiger partial charge in [-0.3, -0.25) is 4.79 Å². The van der Waals surface area contributed by atoms with Gasteiger partial charge in [-0.15, -0.1) is 0 Å². The maximum absolute atomic E-state index is 11.6. The summed E-state index contributed by atoms with van der Waals surface area (Å²) < 4.78 is 0. The van der Waals surface area contributed by atoms with Crippen molar-refractivity contribution < 1.29 is 9.90 Å². The number of aliphatic hydroxyl groups excluding tert-OH is 1. The molecule has 1 rings (SSSR count). The van der Waals surface area contributed by atoms with E-state index in [1.165, 1.54) is 0 Å². The monoisotopic (exact) mass is 276 g/mol. The molecular weight excluding hydrogens is 267 g/mol. The first kappa shape index (κ1) is 11.7. The third-order valence-electron chi connectivity index (χ3n) is 1.84. The Hall–Kier alpha value is -0.380. The second-order valence-corrected chi connectivity index (χ2v) is 4.73. The van der Waals surface area contributed by atoms with Gasteiger partial charge < -0.3 is 5.11 Å². The molecule has 0 aliphatic carbocycles. The Labute approximate surface area is 96.0 Å². The van der Waals surface area contributed by atoms with Gasteiger partial charge in [-0.25, -0.2) is 0 Å². The quantitative estimate of drug-likeness (QED) is 0.681. The summed E-state index contributed by atoms with van der Waals surface area (Å²) in [4.78, 5) is 11.3. The SMILES string of the molecule is CC(Br)C(=O)c1ccc(CO)cc1Cl. The van der Waals surface area contributed by atoms with E-state index in [0.717, 1.165) is 0 Å². The van der Waals surface area contributed by atoms with Gasteiger partial charge in [0.1, 0.15) is 0 Å². The third-order valence-corrected chi connectivity index (χ3v) is 2.57. The van der Waals surface area contributed by atoms with Gasteiger partial charge in [0.05, 0.1) is 16.5 Å². The lowest BCUT2D eigenvalue weighted by atomic mass is 10.1. The Bertz CT molecular complexity index is 350. The van der Waals surface area contributed by atoms with Crippen LogP contribution in [0.2, 0.25) is 5.02 Å². The highest BCUT2D eigenvalue weighted by Gasteiger charge is 2.15. The summed E-state index contributed by atoms with van der Waals surface area (Å²) in [6.07, 6.45) is 0. The average molecular weight is 278 g/mol. The lowest BCUT2D eigenvalue weighted by Gasteiger charge is -2.06. The standard InChI is InChI=1S/C10H10BrClO2/c1-6(11)10(14)8-3-2-7(5-13)4-9(8)12/h2-4,6,13H,5H2,1H3. The number of halogens is 2. The van der Waals surface area contributed by atoms with Crippen molar-refractivity contribution in [1.82, 2.24) is 0 Å². The van der Waals surface area contributed by atoms with E-state index in [9.17, 15) is 4.79 Å². The Morgan fingerprint density at radius 2 is 2.29 bits per heavy atom. The molecule has 4 heteroatoms. The van der Waals surface area contributed by atoms with Crippen LogP contribution in [0.3, 0.4) is 0 Å². The number of hydrogen-bond acceptors (Lipinski definition) is 2. The first-order chi connectivity index (χ1) is 6.56. The molecule has 0 saturated carbocycles. The molecule has 0 radical (unpaired) electrons. The maximum atomic E-state index is 11.6. The average Bonchev–Trinajstić information content (AvgIpc) is 2.16. The van der Waals surface area contributed by atoms with E-state index in [0.29, 0.717) is 16.1 Å². The van der Waals surface area contributed by atoms with Crippen molar-refractivity contribution in [1.29, 1.82) is 0 Å². The summed E-state index contributed by atoms with van der Waals surface area (Å²) >= 11 is 9.08. The van der Waals surface area contributed by atoms with E-state index in [1.54, 1.807) is 25.1 Å². The van der Waals surface area contributed by atoms with Crippen molar-refractivity contribution in [3.63, 3.8) is 0 Å². The molecule has 0 amide bonds. The lowest BCUT2D eigenvalue weighted by molar-refractivity contribution is 0.0996. The van der Waals surface area contributed by atoms with Crippen molar-refractivity contribution in [3.05, 3.63) is 34.3 Å². The number of ketones is 1. The fourth-order valence-electron chi connectivity index (χ4n) is 1.07. The second-order valence-electron chi connectivity index (χ2n) is 2.95. The number of hydrogen-bond donors (Lipinski definition) is 1. The molecule has 1 aromatic rings. The largest absolute Gasteiger partial charge is 0.392 e. The summed E-state index contributed by atoms with van der Waals surface area (Å²) in [6.45, 7) is 1.68. The van der Waals surface area contributed by atoms with Crippen LogP contribution in [0.5, 0.6) is 0 Å². The van der Waals surface area contributed by atoms with E-state index >= 15 is 0 Å². The van der Waals surface area contributed by atoms with Gasteiger partial charge in [0.2, 0.25) is 0 Å². The normalized spacial score (nSPS) is 12.6. The van der Waals surface area contributed by atoms with Gasteiger partial charge in [0, 0.05) is 5.56 Å². The first-order valence-electron chi connectivity index (χ1n) is 4.14. The fourth-order valence-corrected chi connectivity index (χ4v) is 1.61. The van der Waals surface area contributed by atoms with Crippen LogP contribution in [-0.4, -0.2) is 15.7 Å². The summed E-state index contributed by atoms with van der Waals surface area (Å²) in [5, 5.41) is 9.23. The molecule has 0 fully saturated rings. The summed E-state index contributed by atoms with van der Waals surface area (Å²) in [5.74, 6) is -0.0560. The van der Waals surface area contributed by atoms with Crippen LogP contribution in [0.1, 0.15) is 22.8 Å². The van der Waals surface area contributed by atoms with E-state index in [2.05, 4.69) is 15.9 Å². The van der Waals surface area contributed by atoms with Gasteiger partial charge in [-0.05, 0) is 24.6 Å². The highest BCUT2D eigenvalue weighted by atomic mass is 79.9. The minimum Gasteiger partial charge on any atom is -0.392 e. The summed E-state index contributed by atoms with van der Waals surface area (Å²) in [6, 6.07) is 4.92. The predicted octanol–water partition coefficient (Wildman–Crippen LogP) is 2.80. The van der Waals surface area contributed by atoms with Crippen molar-refractivity contribution in [3.8, 4) is 0 Å². The summed E-state index contributed by atoms with van der Waals surface area (Å²) in [7, 11) is 0. The molecule has 0 heterocycles. The molecule has 76 valence electrons. The van der Waals surface area contributed by atoms with Crippen molar-refractivity contribution in [2.75, 3.05) is 0 Å². The van der Waals surface area contributed by atoms with Gasteiger partial charge in [-0.2, -0.15) is 0 Å². The van der Waals surface area contributed by atoms with Crippen LogP contribution in [0.25, 0.3) is 0 Å². The Morgan fingerprint density at radius 1 is 1.64 bits per heavy atom. The maximum Gasteiger partial charge on any atom is 0.177 e. The molecule has 1 unspecified atom stereocenters. The Kier molecular flexibility index (Phi) is 4.11. The molecule has 0 saturated heterocycles. The minimum absolute atomic E-state index is 0.0560. The van der Waals surface area contributed by atoms with Crippen molar-refractivity contribution in [2.45, 2.75) is 18.4 Å². The molecule has 0 aromatic heterocycles. The topological polar surface area (TPSA) is 37.3 Å². The summed E-state index contributed by atoms with van der Waals surface area (Å²) in [5.41, 5.74) is 1.18. The van der Waals surface area contributed by atoms with Crippen LogP contribution >= 0.6 is 27.5 Å². The zero-order chi connectivity index (χ0) is 10.7. The smallest absolute Gasteiger partial charge is 0.177 e.